The molecule has 0 bridgehead atoms. The minimum absolute atomic E-state index is 0.144. The Hall–Kier alpha value is -1.82. The molecule has 6 nitrogen and oxygen atoms in total. The van der Waals surface area contributed by atoms with Gasteiger partial charge in [-0.2, -0.15) is 0 Å². The van der Waals surface area contributed by atoms with Crippen LogP contribution in [0.5, 0.6) is 0 Å². The number of carbonyl (C=O) groups excluding carboxylic acids is 2. The average molecular weight is 299 g/mol. The normalized spacial score (nSPS) is 10.8. The summed E-state index contributed by atoms with van der Waals surface area (Å²) in [5.41, 5.74) is -0.380. The van der Waals surface area contributed by atoms with E-state index in [1.54, 1.807) is 34.0 Å². The SMILES string of the molecule is CNC(=O)C(C)(C)CNC(=O)c1cc(NC)ncc1Cl. The summed E-state index contributed by atoms with van der Waals surface area (Å²) in [4.78, 5) is 27.8. The van der Waals surface area contributed by atoms with Crippen molar-refractivity contribution in [1.29, 1.82) is 0 Å². The standard InChI is InChI=1S/C13H19ClN4O2/c1-13(2,12(20)16-4)7-18-11(19)8-5-10(15-3)17-6-9(8)14/h5-6H,7H2,1-4H3,(H,15,17)(H,16,20)(H,18,19). The Morgan fingerprint density at radius 3 is 2.55 bits per heavy atom. The molecule has 1 aromatic rings. The highest BCUT2D eigenvalue weighted by molar-refractivity contribution is 6.33. The summed E-state index contributed by atoms with van der Waals surface area (Å²) in [5, 5.41) is 8.37. The van der Waals surface area contributed by atoms with Crippen molar-refractivity contribution < 1.29 is 9.59 Å². The number of nitrogens with one attached hydrogen (secondary N) is 3. The van der Waals surface area contributed by atoms with Gasteiger partial charge in [0.25, 0.3) is 5.91 Å². The fraction of sp³-hybridized carbons (Fsp3) is 0.462. The smallest absolute Gasteiger partial charge is 0.253 e. The van der Waals surface area contributed by atoms with E-state index >= 15 is 0 Å². The van der Waals surface area contributed by atoms with Crippen molar-refractivity contribution in [2.24, 2.45) is 5.41 Å². The summed E-state index contributed by atoms with van der Waals surface area (Å²) >= 11 is 5.96. The van der Waals surface area contributed by atoms with Crippen molar-refractivity contribution in [2.45, 2.75) is 13.8 Å². The van der Waals surface area contributed by atoms with Crippen LogP contribution in [0.3, 0.4) is 0 Å². The first kappa shape index (κ1) is 16.2. The lowest BCUT2D eigenvalue weighted by Gasteiger charge is -2.23. The van der Waals surface area contributed by atoms with E-state index in [0.29, 0.717) is 11.4 Å². The second kappa shape index (κ2) is 6.56. The fourth-order valence-electron chi connectivity index (χ4n) is 1.56. The van der Waals surface area contributed by atoms with Gasteiger partial charge in [-0.1, -0.05) is 11.6 Å². The number of rotatable bonds is 5. The van der Waals surface area contributed by atoms with Gasteiger partial charge in [-0.25, -0.2) is 4.98 Å². The van der Waals surface area contributed by atoms with Crippen molar-refractivity contribution in [3.8, 4) is 0 Å². The molecule has 0 saturated carbocycles. The third kappa shape index (κ3) is 3.84. The molecule has 0 unspecified atom stereocenters. The number of amides is 2. The van der Waals surface area contributed by atoms with E-state index in [-0.39, 0.29) is 23.4 Å². The lowest BCUT2D eigenvalue weighted by molar-refractivity contribution is -0.128. The number of aromatic nitrogens is 1. The Bertz CT molecular complexity index is 517. The number of anilines is 1. The maximum absolute atomic E-state index is 12.1. The third-order valence-corrected chi connectivity index (χ3v) is 3.19. The predicted molar refractivity (Wildman–Crippen MR) is 79.0 cm³/mol. The molecule has 0 spiro atoms. The Morgan fingerprint density at radius 2 is 2.00 bits per heavy atom. The molecule has 0 aliphatic heterocycles. The molecule has 1 rings (SSSR count). The summed E-state index contributed by atoms with van der Waals surface area (Å²) in [7, 11) is 3.26. The number of hydrogen-bond donors (Lipinski definition) is 3. The van der Waals surface area contributed by atoms with Crippen LogP contribution in [0.2, 0.25) is 5.02 Å². The second-order valence-corrected chi connectivity index (χ2v) is 5.35. The van der Waals surface area contributed by atoms with Gasteiger partial charge in [0.2, 0.25) is 5.91 Å². The number of nitrogens with zero attached hydrogens (tertiary/aromatic N) is 1. The Labute approximate surface area is 123 Å². The molecular formula is C13H19ClN4O2. The van der Waals surface area contributed by atoms with E-state index in [1.165, 1.54) is 6.20 Å². The summed E-state index contributed by atoms with van der Waals surface area (Å²) in [6, 6.07) is 1.56. The number of halogens is 1. The van der Waals surface area contributed by atoms with Crippen molar-refractivity contribution in [1.82, 2.24) is 15.6 Å². The number of carbonyl (C=O) groups is 2. The van der Waals surface area contributed by atoms with Crippen molar-refractivity contribution >= 4 is 29.2 Å². The van der Waals surface area contributed by atoms with Crippen LogP contribution < -0.4 is 16.0 Å². The van der Waals surface area contributed by atoms with E-state index in [4.69, 9.17) is 11.6 Å². The van der Waals surface area contributed by atoms with E-state index < -0.39 is 5.41 Å². The Kier molecular flexibility index (Phi) is 5.33. The lowest BCUT2D eigenvalue weighted by atomic mass is 9.92. The average Bonchev–Trinajstić information content (AvgIpc) is 2.44. The molecule has 0 atom stereocenters. The number of hydrogen-bond acceptors (Lipinski definition) is 4. The first-order chi connectivity index (χ1) is 9.31. The Balaban J connectivity index is 2.80. The quantitative estimate of drug-likeness (QED) is 0.765. The van der Waals surface area contributed by atoms with Gasteiger partial charge in [-0.15, -0.1) is 0 Å². The summed E-state index contributed by atoms with van der Waals surface area (Å²) in [6.45, 7) is 3.71. The van der Waals surface area contributed by atoms with Crippen molar-refractivity contribution in [3.05, 3.63) is 22.8 Å². The zero-order chi connectivity index (χ0) is 15.3. The molecule has 2 amide bonds. The maximum atomic E-state index is 12.1. The fourth-order valence-corrected chi connectivity index (χ4v) is 1.75. The first-order valence-electron chi connectivity index (χ1n) is 6.15. The molecule has 0 radical (unpaired) electrons. The molecular weight excluding hydrogens is 280 g/mol. The van der Waals surface area contributed by atoms with Gasteiger partial charge in [-0.05, 0) is 19.9 Å². The van der Waals surface area contributed by atoms with Crippen molar-refractivity contribution in [2.75, 3.05) is 26.0 Å². The van der Waals surface area contributed by atoms with Gasteiger partial charge >= 0.3 is 0 Å². The Morgan fingerprint density at radius 1 is 1.35 bits per heavy atom. The third-order valence-electron chi connectivity index (χ3n) is 2.89. The van der Waals surface area contributed by atoms with Crippen LogP contribution >= 0.6 is 11.6 Å². The van der Waals surface area contributed by atoms with Crippen LogP contribution in [0.15, 0.2) is 12.3 Å². The molecule has 1 heterocycles. The lowest BCUT2D eigenvalue weighted by Crippen LogP contribution is -2.43. The van der Waals surface area contributed by atoms with Gasteiger partial charge < -0.3 is 16.0 Å². The van der Waals surface area contributed by atoms with E-state index in [9.17, 15) is 9.59 Å². The van der Waals surface area contributed by atoms with Gasteiger partial charge in [0.15, 0.2) is 0 Å². The largest absolute Gasteiger partial charge is 0.373 e. The van der Waals surface area contributed by atoms with Gasteiger partial charge in [0.05, 0.1) is 16.0 Å². The molecule has 0 saturated heterocycles. The molecule has 0 aromatic carbocycles. The molecule has 0 aliphatic rings. The monoisotopic (exact) mass is 298 g/mol. The minimum atomic E-state index is -0.699. The van der Waals surface area contributed by atoms with Crippen LogP contribution in [-0.4, -0.2) is 37.4 Å². The first-order valence-corrected chi connectivity index (χ1v) is 6.53. The van der Waals surface area contributed by atoms with Crippen molar-refractivity contribution in [3.63, 3.8) is 0 Å². The van der Waals surface area contributed by atoms with Crippen LogP contribution in [0.4, 0.5) is 5.82 Å². The molecule has 1 aromatic heterocycles. The summed E-state index contributed by atoms with van der Waals surface area (Å²) in [5.74, 6) is 0.0607. The molecule has 3 N–H and O–H groups in total. The molecule has 7 heteroatoms. The van der Waals surface area contributed by atoms with Crippen LogP contribution in [0.1, 0.15) is 24.2 Å². The summed E-state index contributed by atoms with van der Waals surface area (Å²) < 4.78 is 0. The van der Waals surface area contributed by atoms with Gasteiger partial charge in [0.1, 0.15) is 5.82 Å². The maximum Gasteiger partial charge on any atom is 0.253 e. The highest BCUT2D eigenvalue weighted by atomic mass is 35.5. The number of pyridine rings is 1. The van der Waals surface area contributed by atoms with E-state index in [2.05, 4.69) is 20.9 Å². The predicted octanol–water partition coefficient (Wildman–Crippen LogP) is 1.28. The molecule has 110 valence electrons. The molecule has 0 fully saturated rings. The molecule has 0 aliphatic carbocycles. The van der Waals surface area contributed by atoms with Crippen LogP contribution in [0.25, 0.3) is 0 Å². The van der Waals surface area contributed by atoms with Gasteiger partial charge in [0, 0.05) is 26.8 Å². The van der Waals surface area contributed by atoms with E-state index in [1.807, 2.05) is 0 Å². The minimum Gasteiger partial charge on any atom is -0.373 e. The zero-order valence-electron chi connectivity index (χ0n) is 12.0. The molecule has 20 heavy (non-hydrogen) atoms. The van der Waals surface area contributed by atoms with Crippen LogP contribution in [-0.2, 0) is 4.79 Å². The topological polar surface area (TPSA) is 83.1 Å². The van der Waals surface area contributed by atoms with E-state index in [0.717, 1.165) is 0 Å². The van der Waals surface area contributed by atoms with Gasteiger partial charge in [-0.3, -0.25) is 9.59 Å². The highest BCUT2D eigenvalue weighted by Gasteiger charge is 2.27. The zero-order valence-corrected chi connectivity index (χ0v) is 12.8. The highest BCUT2D eigenvalue weighted by Crippen LogP contribution is 2.19. The van der Waals surface area contributed by atoms with Crippen LogP contribution in [0, 0.1) is 5.41 Å². The summed E-state index contributed by atoms with van der Waals surface area (Å²) in [6.07, 6.45) is 1.41. The second-order valence-electron chi connectivity index (χ2n) is 4.95.